The first kappa shape index (κ1) is 16.6. The minimum atomic E-state index is -3.78. The van der Waals surface area contributed by atoms with Gasteiger partial charge >= 0.3 is 5.97 Å². The van der Waals surface area contributed by atoms with Gasteiger partial charge in [0, 0.05) is 0 Å². The van der Waals surface area contributed by atoms with Crippen molar-refractivity contribution in [3.05, 3.63) is 29.8 Å². The SMILES string of the molecule is CCOC(=O)COCCOS(=O)(=O)c1ccc(C)cc1. The first-order valence-electron chi connectivity index (χ1n) is 6.15. The molecule has 6 nitrogen and oxygen atoms in total. The van der Waals surface area contributed by atoms with Crippen molar-refractivity contribution in [2.75, 3.05) is 26.4 Å². The van der Waals surface area contributed by atoms with Crippen LogP contribution in [0.15, 0.2) is 29.2 Å². The van der Waals surface area contributed by atoms with E-state index in [2.05, 4.69) is 4.74 Å². The maximum absolute atomic E-state index is 11.8. The summed E-state index contributed by atoms with van der Waals surface area (Å²) in [6, 6.07) is 6.33. The van der Waals surface area contributed by atoms with Crippen LogP contribution >= 0.6 is 0 Å². The largest absolute Gasteiger partial charge is 0.464 e. The van der Waals surface area contributed by atoms with Crippen LogP contribution in [0.4, 0.5) is 0 Å². The first-order chi connectivity index (χ1) is 9.45. The molecule has 0 spiro atoms. The van der Waals surface area contributed by atoms with Gasteiger partial charge in [0.1, 0.15) is 6.61 Å². The summed E-state index contributed by atoms with van der Waals surface area (Å²) in [4.78, 5) is 11.0. The summed E-state index contributed by atoms with van der Waals surface area (Å²) < 4.78 is 37.9. The van der Waals surface area contributed by atoms with Gasteiger partial charge < -0.3 is 9.47 Å². The Morgan fingerprint density at radius 1 is 1.15 bits per heavy atom. The standard InChI is InChI=1S/C13H18O6S/c1-3-18-13(14)10-17-8-9-19-20(15,16)12-6-4-11(2)5-7-12/h4-7H,3,8-10H2,1-2H3. The van der Waals surface area contributed by atoms with E-state index in [4.69, 9.17) is 8.92 Å². The highest BCUT2D eigenvalue weighted by atomic mass is 32.2. The van der Waals surface area contributed by atoms with Crippen molar-refractivity contribution in [2.45, 2.75) is 18.7 Å². The average Bonchev–Trinajstić information content (AvgIpc) is 2.39. The van der Waals surface area contributed by atoms with Crippen LogP contribution in [0.1, 0.15) is 12.5 Å². The normalized spacial score (nSPS) is 11.3. The van der Waals surface area contributed by atoms with E-state index in [0.717, 1.165) is 5.56 Å². The van der Waals surface area contributed by atoms with Crippen molar-refractivity contribution in [1.29, 1.82) is 0 Å². The highest BCUT2D eigenvalue weighted by Gasteiger charge is 2.14. The van der Waals surface area contributed by atoms with Crippen molar-refractivity contribution in [3.63, 3.8) is 0 Å². The predicted octanol–water partition coefficient (Wildman–Crippen LogP) is 1.28. The Kier molecular flexibility index (Phi) is 6.63. The Hall–Kier alpha value is -1.44. The van der Waals surface area contributed by atoms with Crippen LogP contribution in [-0.2, 0) is 28.6 Å². The average molecular weight is 302 g/mol. The van der Waals surface area contributed by atoms with Gasteiger partial charge in [0.15, 0.2) is 0 Å². The summed E-state index contributed by atoms with van der Waals surface area (Å²) in [7, 11) is -3.78. The molecule has 0 aliphatic carbocycles. The lowest BCUT2D eigenvalue weighted by atomic mass is 10.2. The van der Waals surface area contributed by atoms with Gasteiger partial charge in [-0.15, -0.1) is 0 Å². The van der Waals surface area contributed by atoms with Crippen molar-refractivity contribution < 1.29 is 26.9 Å². The molecule has 0 heterocycles. The Morgan fingerprint density at radius 2 is 1.80 bits per heavy atom. The smallest absolute Gasteiger partial charge is 0.332 e. The molecule has 0 saturated heterocycles. The number of aryl methyl sites for hydroxylation is 1. The number of benzene rings is 1. The Labute approximate surface area is 118 Å². The van der Waals surface area contributed by atoms with Crippen molar-refractivity contribution in [2.24, 2.45) is 0 Å². The van der Waals surface area contributed by atoms with Gasteiger partial charge in [-0.05, 0) is 26.0 Å². The molecule has 0 saturated carbocycles. The van der Waals surface area contributed by atoms with Gasteiger partial charge in [0.05, 0.1) is 24.7 Å². The van der Waals surface area contributed by atoms with Gasteiger partial charge in [0.25, 0.3) is 10.1 Å². The number of hydrogen-bond donors (Lipinski definition) is 0. The van der Waals surface area contributed by atoms with E-state index in [1.165, 1.54) is 12.1 Å². The quantitative estimate of drug-likeness (QED) is 0.409. The topological polar surface area (TPSA) is 78.9 Å². The van der Waals surface area contributed by atoms with Crippen LogP contribution in [0.3, 0.4) is 0 Å². The summed E-state index contributed by atoms with van der Waals surface area (Å²) in [5, 5.41) is 0. The molecule has 0 bridgehead atoms. The molecule has 1 aromatic carbocycles. The first-order valence-corrected chi connectivity index (χ1v) is 7.56. The van der Waals surface area contributed by atoms with E-state index in [9.17, 15) is 13.2 Å². The number of esters is 1. The van der Waals surface area contributed by atoms with E-state index in [1.807, 2.05) is 6.92 Å². The molecule has 0 aliphatic rings. The second-order valence-corrected chi connectivity index (χ2v) is 5.56. The van der Waals surface area contributed by atoms with Crippen LogP contribution < -0.4 is 0 Å². The van der Waals surface area contributed by atoms with E-state index >= 15 is 0 Å². The number of carbonyl (C=O) groups is 1. The second kappa shape index (κ2) is 7.98. The number of carbonyl (C=O) groups excluding carboxylic acids is 1. The van der Waals surface area contributed by atoms with Gasteiger partial charge in [-0.3, -0.25) is 4.18 Å². The van der Waals surface area contributed by atoms with Gasteiger partial charge in [-0.2, -0.15) is 8.42 Å². The maximum Gasteiger partial charge on any atom is 0.332 e. The van der Waals surface area contributed by atoms with Gasteiger partial charge in [0.2, 0.25) is 0 Å². The molecule has 0 unspecified atom stereocenters. The molecule has 0 aromatic heterocycles. The van der Waals surface area contributed by atoms with E-state index < -0.39 is 16.1 Å². The Balaban J connectivity index is 2.34. The molecule has 7 heteroatoms. The van der Waals surface area contributed by atoms with E-state index in [-0.39, 0.29) is 31.3 Å². The highest BCUT2D eigenvalue weighted by molar-refractivity contribution is 7.86. The van der Waals surface area contributed by atoms with E-state index in [0.29, 0.717) is 0 Å². The number of hydrogen-bond acceptors (Lipinski definition) is 6. The molecule has 0 N–H and O–H groups in total. The molecule has 112 valence electrons. The molecule has 0 radical (unpaired) electrons. The predicted molar refractivity (Wildman–Crippen MR) is 71.8 cm³/mol. The summed E-state index contributed by atoms with van der Waals surface area (Å²) in [5.41, 5.74) is 0.960. The fraction of sp³-hybridized carbons (Fsp3) is 0.462. The van der Waals surface area contributed by atoms with Crippen LogP contribution in [0.5, 0.6) is 0 Å². The molecule has 0 aliphatic heterocycles. The lowest BCUT2D eigenvalue weighted by Crippen LogP contribution is -2.16. The lowest BCUT2D eigenvalue weighted by Gasteiger charge is -2.06. The fourth-order valence-electron chi connectivity index (χ4n) is 1.33. The lowest BCUT2D eigenvalue weighted by molar-refractivity contribution is -0.148. The van der Waals surface area contributed by atoms with Crippen LogP contribution in [0.25, 0.3) is 0 Å². The summed E-state index contributed by atoms with van der Waals surface area (Å²) in [6.07, 6.45) is 0. The summed E-state index contributed by atoms with van der Waals surface area (Å²) in [5.74, 6) is -0.492. The molecule has 1 rings (SSSR count). The van der Waals surface area contributed by atoms with Crippen LogP contribution in [0, 0.1) is 6.92 Å². The maximum atomic E-state index is 11.8. The third-order valence-electron chi connectivity index (χ3n) is 2.30. The highest BCUT2D eigenvalue weighted by Crippen LogP contribution is 2.12. The molecule has 0 fully saturated rings. The summed E-state index contributed by atoms with van der Waals surface area (Å²) in [6.45, 7) is 3.44. The monoisotopic (exact) mass is 302 g/mol. The number of rotatable bonds is 8. The van der Waals surface area contributed by atoms with Crippen molar-refractivity contribution in [3.8, 4) is 0 Å². The van der Waals surface area contributed by atoms with Crippen molar-refractivity contribution >= 4 is 16.1 Å². The third-order valence-corrected chi connectivity index (χ3v) is 3.63. The third kappa shape index (κ3) is 5.68. The molecule has 0 atom stereocenters. The van der Waals surface area contributed by atoms with Gasteiger partial charge in [-0.1, -0.05) is 17.7 Å². The molecule has 0 amide bonds. The Bertz CT molecular complexity index is 520. The number of ether oxygens (including phenoxy) is 2. The minimum Gasteiger partial charge on any atom is -0.464 e. The Morgan fingerprint density at radius 3 is 2.40 bits per heavy atom. The van der Waals surface area contributed by atoms with Crippen LogP contribution in [-0.4, -0.2) is 40.8 Å². The summed E-state index contributed by atoms with van der Waals surface area (Å²) >= 11 is 0. The van der Waals surface area contributed by atoms with Crippen LogP contribution in [0.2, 0.25) is 0 Å². The van der Waals surface area contributed by atoms with Crippen molar-refractivity contribution in [1.82, 2.24) is 0 Å². The zero-order valence-corrected chi connectivity index (χ0v) is 12.3. The molecule has 20 heavy (non-hydrogen) atoms. The van der Waals surface area contributed by atoms with Gasteiger partial charge in [-0.25, -0.2) is 4.79 Å². The molecular weight excluding hydrogens is 284 g/mol. The zero-order chi connectivity index (χ0) is 15.0. The van der Waals surface area contributed by atoms with E-state index in [1.54, 1.807) is 19.1 Å². The molecular formula is C13H18O6S. The molecule has 1 aromatic rings. The minimum absolute atomic E-state index is 0.0100. The fourth-order valence-corrected chi connectivity index (χ4v) is 2.23. The second-order valence-electron chi connectivity index (χ2n) is 3.95. The zero-order valence-electron chi connectivity index (χ0n) is 11.5.